The van der Waals surface area contributed by atoms with Crippen LogP contribution in [0.4, 0.5) is 4.79 Å². The first-order chi connectivity index (χ1) is 13.0. The van der Waals surface area contributed by atoms with E-state index in [4.69, 9.17) is 11.6 Å². The highest BCUT2D eigenvalue weighted by atomic mass is 35.5. The molecule has 0 bridgehead atoms. The van der Waals surface area contributed by atoms with Crippen molar-refractivity contribution in [1.82, 2.24) is 24.0 Å². The maximum absolute atomic E-state index is 12.7. The van der Waals surface area contributed by atoms with Crippen molar-refractivity contribution in [2.75, 3.05) is 13.1 Å². The van der Waals surface area contributed by atoms with E-state index in [1.165, 1.54) is 10.8 Å². The number of nitrogens with zero attached hydrogens (tertiary/aromatic N) is 5. The molecule has 1 aliphatic rings. The van der Waals surface area contributed by atoms with Crippen LogP contribution < -0.4 is 5.69 Å². The second-order valence-corrected chi connectivity index (χ2v) is 6.91. The number of carbonyl (C=O) groups excluding carboxylic acids is 1. The van der Waals surface area contributed by atoms with Crippen molar-refractivity contribution in [3.05, 3.63) is 57.4 Å². The fraction of sp³-hybridized carbons (Fsp3) is 0.263. The minimum absolute atomic E-state index is 0.309. The van der Waals surface area contributed by atoms with Gasteiger partial charge >= 0.3 is 11.7 Å². The number of hydrogen-bond donors (Lipinski definition) is 0. The summed E-state index contributed by atoms with van der Waals surface area (Å²) < 4.78 is 2.54. The molecule has 7 nitrogen and oxygen atoms in total. The van der Waals surface area contributed by atoms with E-state index >= 15 is 0 Å². The molecule has 8 heteroatoms. The normalized spacial score (nSPS) is 14.5. The van der Waals surface area contributed by atoms with Gasteiger partial charge in [0.2, 0.25) is 0 Å². The Morgan fingerprint density at radius 1 is 1.15 bits per heavy atom. The maximum Gasteiger partial charge on any atom is 0.338 e. The van der Waals surface area contributed by atoms with E-state index in [1.807, 2.05) is 18.2 Å². The van der Waals surface area contributed by atoms with Gasteiger partial charge in [-0.15, -0.1) is 0 Å². The molecule has 0 radical (unpaired) electrons. The van der Waals surface area contributed by atoms with Gasteiger partial charge < -0.3 is 4.90 Å². The summed E-state index contributed by atoms with van der Waals surface area (Å²) in [6, 6.07) is 7.07. The smallest absolute Gasteiger partial charge is 0.324 e. The molecule has 138 valence electrons. The molecule has 3 heterocycles. The van der Waals surface area contributed by atoms with Crippen molar-refractivity contribution in [1.29, 1.82) is 0 Å². The van der Waals surface area contributed by atoms with E-state index in [0.29, 0.717) is 35.1 Å². The molecule has 0 saturated carbocycles. The van der Waals surface area contributed by atoms with Gasteiger partial charge in [-0.05, 0) is 36.6 Å². The highest BCUT2D eigenvalue weighted by Crippen LogP contribution is 2.15. The van der Waals surface area contributed by atoms with Crippen molar-refractivity contribution in [3.63, 3.8) is 0 Å². The molecule has 1 aromatic carbocycles. The number of aryl methyl sites for hydroxylation is 1. The molecule has 1 saturated heterocycles. The molecule has 3 aromatic rings. The molecule has 1 fully saturated rings. The lowest BCUT2D eigenvalue weighted by molar-refractivity contribution is 0.210. The number of imidazole rings is 1. The van der Waals surface area contributed by atoms with Gasteiger partial charge in [0.1, 0.15) is 5.52 Å². The number of carbonyl (C=O) groups is 1. The summed E-state index contributed by atoms with van der Waals surface area (Å²) in [4.78, 5) is 35.7. The van der Waals surface area contributed by atoms with E-state index in [9.17, 15) is 9.59 Å². The van der Waals surface area contributed by atoms with Crippen LogP contribution in [0.25, 0.3) is 23.3 Å². The molecule has 1 amide bonds. The highest BCUT2D eigenvalue weighted by Gasteiger charge is 2.25. The average Bonchev–Trinajstić information content (AvgIpc) is 3.29. The van der Waals surface area contributed by atoms with Crippen LogP contribution in [0.1, 0.15) is 24.2 Å². The van der Waals surface area contributed by atoms with Crippen LogP contribution in [-0.2, 0) is 7.05 Å². The summed E-state index contributed by atoms with van der Waals surface area (Å²) in [7, 11) is 1.61. The third kappa shape index (κ3) is 3.26. The SMILES string of the molecule is Cn1c(=O)n(C(=O)N2CCCC2)c2cnc(/C=C/c3ccc(Cl)cc3)nc21. The minimum atomic E-state index is -0.407. The molecule has 0 spiro atoms. The van der Waals surface area contributed by atoms with Crippen LogP contribution in [0.2, 0.25) is 5.02 Å². The van der Waals surface area contributed by atoms with Gasteiger partial charge in [0, 0.05) is 25.2 Å². The van der Waals surface area contributed by atoms with Gasteiger partial charge in [0.15, 0.2) is 11.5 Å². The zero-order valence-corrected chi connectivity index (χ0v) is 15.6. The van der Waals surface area contributed by atoms with Crippen LogP contribution in [0.15, 0.2) is 35.3 Å². The Kier molecular flexibility index (Phi) is 4.53. The van der Waals surface area contributed by atoms with Gasteiger partial charge in [0.25, 0.3) is 0 Å². The predicted molar refractivity (Wildman–Crippen MR) is 105 cm³/mol. The van der Waals surface area contributed by atoms with Crippen molar-refractivity contribution in [3.8, 4) is 0 Å². The average molecular weight is 384 g/mol. The second kappa shape index (κ2) is 7.00. The molecular formula is C19H18ClN5O2. The second-order valence-electron chi connectivity index (χ2n) is 6.48. The maximum atomic E-state index is 12.7. The number of halogens is 1. The van der Waals surface area contributed by atoms with Gasteiger partial charge in [-0.1, -0.05) is 29.8 Å². The molecule has 27 heavy (non-hydrogen) atoms. The van der Waals surface area contributed by atoms with Gasteiger partial charge in [-0.25, -0.2) is 24.1 Å². The quantitative estimate of drug-likeness (QED) is 0.681. The first kappa shape index (κ1) is 17.5. The fourth-order valence-corrected chi connectivity index (χ4v) is 3.31. The van der Waals surface area contributed by atoms with Crippen molar-refractivity contribution in [2.45, 2.75) is 12.8 Å². The Bertz CT molecular complexity index is 1090. The third-order valence-corrected chi connectivity index (χ3v) is 4.92. The number of hydrogen-bond acceptors (Lipinski definition) is 4. The fourth-order valence-electron chi connectivity index (χ4n) is 3.19. The summed E-state index contributed by atoms with van der Waals surface area (Å²) in [5.41, 5.74) is 1.40. The number of likely N-dealkylation sites (tertiary alicyclic amines) is 1. The van der Waals surface area contributed by atoms with Crippen molar-refractivity contribution in [2.24, 2.45) is 7.05 Å². The number of amides is 1. The van der Waals surface area contributed by atoms with Gasteiger partial charge in [-0.3, -0.25) is 4.57 Å². The van der Waals surface area contributed by atoms with Crippen molar-refractivity contribution < 1.29 is 4.79 Å². The topological polar surface area (TPSA) is 73.0 Å². The first-order valence-corrected chi connectivity index (χ1v) is 9.10. The molecule has 0 aliphatic carbocycles. The Labute approximate surface area is 160 Å². The Balaban J connectivity index is 1.70. The van der Waals surface area contributed by atoms with Crippen LogP contribution in [0.3, 0.4) is 0 Å². The van der Waals surface area contributed by atoms with E-state index in [2.05, 4.69) is 9.97 Å². The lowest BCUT2D eigenvalue weighted by Gasteiger charge is -2.14. The van der Waals surface area contributed by atoms with Crippen molar-refractivity contribution >= 4 is 40.9 Å². The van der Waals surface area contributed by atoms with Crippen LogP contribution in [-0.4, -0.2) is 43.1 Å². The zero-order chi connectivity index (χ0) is 19.0. The zero-order valence-electron chi connectivity index (χ0n) is 14.8. The standard InChI is InChI=1S/C19H18ClN5O2/c1-23-17-15(25(18(23)26)19(27)24-10-2-3-11-24)12-21-16(22-17)9-6-13-4-7-14(20)8-5-13/h4-9,12H,2-3,10-11H2,1H3/b9-6+. The Hall–Kier alpha value is -2.93. The molecular weight excluding hydrogens is 366 g/mol. The van der Waals surface area contributed by atoms with Crippen LogP contribution in [0.5, 0.6) is 0 Å². The molecule has 4 rings (SSSR count). The summed E-state index contributed by atoms with van der Waals surface area (Å²) >= 11 is 5.89. The summed E-state index contributed by atoms with van der Waals surface area (Å²) in [6.07, 6.45) is 7.07. The summed E-state index contributed by atoms with van der Waals surface area (Å²) in [6.45, 7) is 1.34. The monoisotopic (exact) mass is 383 g/mol. The van der Waals surface area contributed by atoms with Crippen LogP contribution >= 0.6 is 11.6 Å². The molecule has 2 aromatic heterocycles. The summed E-state index contributed by atoms with van der Waals surface area (Å²) in [5, 5.41) is 0.670. The summed E-state index contributed by atoms with van der Waals surface area (Å²) in [5.74, 6) is 0.457. The largest absolute Gasteiger partial charge is 0.338 e. The Morgan fingerprint density at radius 2 is 1.85 bits per heavy atom. The number of aromatic nitrogens is 4. The van der Waals surface area contributed by atoms with Gasteiger partial charge in [-0.2, -0.15) is 0 Å². The molecule has 1 aliphatic heterocycles. The highest BCUT2D eigenvalue weighted by molar-refractivity contribution is 6.30. The molecule has 0 N–H and O–H groups in total. The first-order valence-electron chi connectivity index (χ1n) is 8.72. The number of fused-ring (bicyclic) bond motifs is 1. The number of benzene rings is 1. The lowest BCUT2D eigenvalue weighted by atomic mass is 10.2. The van der Waals surface area contributed by atoms with Gasteiger partial charge in [0.05, 0.1) is 6.20 Å². The number of rotatable bonds is 2. The van der Waals surface area contributed by atoms with E-state index in [-0.39, 0.29) is 6.03 Å². The molecule has 0 unspecified atom stereocenters. The third-order valence-electron chi connectivity index (χ3n) is 4.67. The van der Waals surface area contributed by atoms with E-state index < -0.39 is 5.69 Å². The molecule has 0 atom stereocenters. The minimum Gasteiger partial charge on any atom is -0.324 e. The van der Waals surface area contributed by atoms with E-state index in [0.717, 1.165) is 23.0 Å². The predicted octanol–water partition coefficient (Wildman–Crippen LogP) is 3.02. The van der Waals surface area contributed by atoms with E-state index in [1.54, 1.807) is 30.2 Å². The Morgan fingerprint density at radius 3 is 2.56 bits per heavy atom. The lowest BCUT2D eigenvalue weighted by Crippen LogP contribution is -2.38. The van der Waals surface area contributed by atoms with Crippen LogP contribution in [0, 0.1) is 0 Å².